The zero-order valence-corrected chi connectivity index (χ0v) is 14.0. The summed E-state index contributed by atoms with van der Waals surface area (Å²) in [4.78, 5) is 12.2. The van der Waals surface area contributed by atoms with Crippen molar-refractivity contribution in [2.24, 2.45) is 0 Å². The summed E-state index contributed by atoms with van der Waals surface area (Å²) in [6.07, 6.45) is 7.57. The first-order valence-electron chi connectivity index (χ1n) is 8.35. The number of fused-ring (bicyclic) bond motifs is 1. The van der Waals surface area contributed by atoms with Crippen molar-refractivity contribution < 1.29 is 4.79 Å². The molecule has 0 radical (unpaired) electrons. The van der Waals surface area contributed by atoms with Crippen LogP contribution in [0.5, 0.6) is 0 Å². The van der Waals surface area contributed by atoms with Gasteiger partial charge in [0.1, 0.15) is 5.82 Å². The molecule has 0 saturated carbocycles. The van der Waals surface area contributed by atoms with Crippen LogP contribution in [-0.2, 0) is 0 Å². The highest BCUT2D eigenvalue weighted by Crippen LogP contribution is 2.09. The molecule has 0 fully saturated rings. The molecule has 26 heavy (non-hydrogen) atoms. The third-order valence-corrected chi connectivity index (χ3v) is 4.00. The monoisotopic (exact) mass is 346 g/mol. The fourth-order valence-corrected chi connectivity index (χ4v) is 2.69. The molecule has 0 aromatic carbocycles. The summed E-state index contributed by atoms with van der Waals surface area (Å²) in [5, 5.41) is 14.4. The number of hydrogen-bond donors (Lipinski definition) is 2. The standard InChI is InChI=1S/C19H18N6O/c26-19(15-13-16-5-1-2-12-25(16)14-15)21-9-8-20-17-6-7-18(23-22-17)24-10-3-4-11-24/h1-7,10-14H,8-9H2,(H,20,22)(H,21,26). The van der Waals surface area contributed by atoms with Crippen molar-refractivity contribution in [1.29, 1.82) is 0 Å². The van der Waals surface area contributed by atoms with Gasteiger partial charge in [0.15, 0.2) is 5.82 Å². The van der Waals surface area contributed by atoms with Crippen molar-refractivity contribution in [1.82, 2.24) is 24.5 Å². The number of carbonyl (C=O) groups is 1. The zero-order chi connectivity index (χ0) is 17.8. The molecular weight excluding hydrogens is 328 g/mol. The molecule has 7 heteroatoms. The van der Waals surface area contributed by atoms with E-state index in [1.807, 2.05) is 82.3 Å². The first-order valence-corrected chi connectivity index (χ1v) is 8.35. The number of nitrogens with zero attached hydrogens (tertiary/aromatic N) is 4. The number of anilines is 1. The maximum atomic E-state index is 12.2. The number of nitrogens with one attached hydrogen (secondary N) is 2. The molecule has 0 bridgehead atoms. The number of carbonyl (C=O) groups excluding carboxylic acids is 1. The van der Waals surface area contributed by atoms with Gasteiger partial charge in [0.05, 0.1) is 5.56 Å². The van der Waals surface area contributed by atoms with Crippen molar-refractivity contribution in [2.45, 2.75) is 0 Å². The van der Waals surface area contributed by atoms with Gasteiger partial charge in [0.25, 0.3) is 5.91 Å². The Hall–Kier alpha value is -3.61. The maximum Gasteiger partial charge on any atom is 0.252 e. The lowest BCUT2D eigenvalue weighted by atomic mass is 10.3. The van der Waals surface area contributed by atoms with Gasteiger partial charge in [-0.25, -0.2) is 0 Å². The fraction of sp³-hybridized carbons (Fsp3) is 0.105. The second kappa shape index (κ2) is 7.10. The Balaban J connectivity index is 1.27. The van der Waals surface area contributed by atoms with E-state index < -0.39 is 0 Å². The Morgan fingerprint density at radius 2 is 1.81 bits per heavy atom. The van der Waals surface area contributed by atoms with Crippen molar-refractivity contribution in [3.8, 4) is 5.82 Å². The third kappa shape index (κ3) is 3.41. The Kier molecular flexibility index (Phi) is 4.34. The van der Waals surface area contributed by atoms with E-state index in [2.05, 4.69) is 20.8 Å². The lowest BCUT2D eigenvalue weighted by Crippen LogP contribution is -2.28. The van der Waals surface area contributed by atoms with Crippen molar-refractivity contribution in [3.63, 3.8) is 0 Å². The molecule has 0 aliphatic rings. The second-order valence-electron chi connectivity index (χ2n) is 5.81. The molecule has 4 aromatic rings. The van der Waals surface area contributed by atoms with Crippen LogP contribution in [0.15, 0.2) is 73.3 Å². The lowest BCUT2D eigenvalue weighted by Gasteiger charge is -2.07. The van der Waals surface area contributed by atoms with E-state index in [-0.39, 0.29) is 5.91 Å². The summed E-state index contributed by atoms with van der Waals surface area (Å²) < 4.78 is 3.81. The van der Waals surface area contributed by atoms with E-state index >= 15 is 0 Å². The van der Waals surface area contributed by atoms with Crippen LogP contribution >= 0.6 is 0 Å². The maximum absolute atomic E-state index is 12.2. The average Bonchev–Trinajstić information content (AvgIpc) is 3.35. The first kappa shape index (κ1) is 15.9. The second-order valence-corrected chi connectivity index (χ2v) is 5.81. The molecule has 4 rings (SSSR count). The predicted molar refractivity (Wildman–Crippen MR) is 99.6 cm³/mol. The molecule has 4 heterocycles. The summed E-state index contributed by atoms with van der Waals surface area (Å²) in [6, 6.07) is 15.3. The van der Waals surface area contributed by atoms with Gasteiger partial charge in [0, 0.05) is 43.4 Å². The topological polar surface area (TPSA) is 76.2 Å². The Morgan fingerprint density at radius 1 is 0.962 bits per heavy atom. The molecular formula is C19H18N6O. The highest BCUT2D eigenvalue weighted by atomic mass is 16.1. The van der Waals surface area contributed by atoms with Crippen LogP contribution in [0, 0.1) is 0 Å². The first-order chi connectivity index (χ1) is 12.8. The van der Waals surface area contributed by atoms with Crippen molar-refractivity contribution in [3.05, 3.63) is 78.9 Å². The molecule has 0 aliphatic carbocycles. The SMILES string of the molecule is O=C(NCCNc1ccc(-n2cccc2)nn1)c1cc2ccccn2c1. The quantitative estimate of drug-likeness (QED) is 0.526. The zero-order valence-electron chi connectivity index (χ0n) is 14.0. The molecule has 0 atom stereocenters. The van der Waals surface area contributed by atoms with Gasteiger partial charge in [0.2, 0.25) is 0 Å². The van der Waals surface area contributed by atoms with Gasteiger partial charge >= 0.3 is 0 Å². The highest BCUT2D eigenvalue weighted by Gasteiger charge is 2.07. The summed E-state index contributed by atoms with van der Waals surface area (Å²) in [5.41, 5.74) is 1.64. The molecule has 7 nitrogen and oxygen atoms in total. The van der Waals surface area contributed by atoms with Crippen LogP contribution < -0.4 is 10.6 Å². The Labute approximate surface area is 150 Å². The van der Waals surface area contributed by atoms with E-state index in [4.69, 9.17) is 0 Å². The molecule has 2 N–H and O–H groups in total. The highest BCUT2D eigenvalue weighted by molar-refractivity contribution is 5.95. The molecule has 130 valence electrons. The van der Waals surface area contributed by atoms with E-state index in [0.29, 0.717) is 24.5 Å². The summed E-state index contributed by atoms with van der Waals surface area (Å²) in [7, 11) is 0. The Bertz CT molecular complexity index is 971. The lowest BCUT2D eigenvalue weighted by molar-refractivity contribution is 0.0955. The largest absolute Gasteiger partial charge is 0.367 e. The molecule has 4 aromatic heterocycles. The van der Waals surface area contributed by atoms with Gasteiger partial charge in [-0.2, -0.15) is 0 Å². The molecule has 0 aliphatic heterocycles. The van der Waals surface area contributed by atoms with Crippen LogP contribution in [0.1, 0.15) is 10.4 Å². The number of aromatic nitrogens is 4. The summed E-state index contributed by atoms with van der Waals surface area (Å²) >= 11 is 0. The minimum absolute atomic E-state index is 0.0930. The number of amides is 1. The van der Waals surface area contributed by atoms with E-state index in [0.717, 1.165) is 11.3 Å². The van der Waals surface area contributed by atoms with E-state index in [9.17, 15) is 4.79 Å². The van der Waals surface area contributed by atoms with Gasteiger partial charge < -0.3 is 19.6 Å². The van der Waals surface area contributed by atoms with Crippen LogP contribution in [0.25, 0.3) is 11.3 Å². The smallest absolute Gasteiger partial charge is 0.252 e. The van der Waals surface area contributed by atoms with Crippen LogP contribution in [-0.4, -0.2) is 38.2 Å². The summed E-state index contributed by atoms with van der Waals surface area (Å²) in [5.74, 6) is 1.34. The van der Waals surface area contributed by atoms with Gasteiger partial charge in [-0.3, -0.25) is 4.79 Å². The number of hydrogen-bond acceptors (Lipinski definition) is 4. The van der Waals surface area contributed by atoms with E-state index in [1.54, 1.807) is 0 Å². The normalized spacial score (nSPS) is 10.8. The van der Waals surface area contributed by atoms with Gasteiger partial charge in [-0.15, -0.1) is 10.2 Å². The van der Waals surface area contributed by atoms with E-state index in [1.165, 1.54) is 0 Å². The fourth-order valence-electron chi connectivity index (χ4n) is 2.69. The van der Waals surface area contributed by atoms with Crippen molar-refractivity contribution >= 4 is 17.2 Å². The summed E-state index contributed by atoms with van der Waals surface area (Å²) in [6.45, 7) is 1.06. The Morgan fingerprint density at radius 3 is 2.58 bits per heavy atom. The molecule has 1 amide bonds. The van der Waals surface area contributed by atoms with Crippen molar-refractivity contribution in [2.75, 3.05) is 18.4 Å². The predicted octanol–water partition coefficient (Wildman–Crippen LogP) is 2.36. The van der Waals surface area contributed by atoms with Crippen LogP contribution in [0.4, 0.5) is 5.82 Å². The van der Waals surface area contributed by atoms with Gasteiger partial charge in [-0.1, -0.05) is 6.07 Å². The van der Waals surface area contributed by atoms with Gasteiger partial charge in [-0.05, 0) is 42.5 Å². The number of pyridine rings is 1. The van der Waals surface area contributed by atoms with Crippen LogP contribution in [0.2, 0.25) is 0 Å². The minimum Gasteiger partial charge on any atom is -0.367 e. The third-order valence-electron chi connectivity index (χ3n) is 4.00. The number of rotatable bonds is 6. The van der Waals surface area contributed by atoms with Crippen LogP contribution in [0.3, 0.4) is 0 Å². The average molecular weight is 346 g/mol. The molecule has 0 saturated heterocycles. The molecule has 0 spiro atoms. The minimum atomic E-state index is -0.0930. The molecule has 0 unspecified atom stereocenters.